The second kappa shape index (κ2) is 5.77. The van der Waals surface area contributed by atoms with Crippen LogP contribution in [-0.2, 0) is 5.41 Å². The first-order valence-corrected chi connectivity index (χ1v) is 10.8. The molecule has 1 aromatic heterocycles. The van der Waals surface area contributed by atoms with Crippen LogP contribution in [0.4, 0.5) is 5.13 Å². The van der Waals surface area contributed by atoms with Gasteiger partial charge in [-0.15, -0.1) is 0 Å². The maximum Gasteiger partial charge on any atom is 0.183 e. The van der Waals surface area contributed by atoms with Crippen LogP contribution in [0.3, 0.4) is 0 Å². The van der Waals surface area contributed by atoms with Crippen LogP contribution in [0, 0.1) is 11.8 Å². The zero-order chi connectivity index (χ0) is 18.1. The van der Waals surface area contributed by atoms with Gasteiger partial charge in [0.15, 0.2) is 10.9 Å². The summed E-state index contributed by atoms with van der Waals surface area (Å²) < 4.78 is 1.22. The third kappa shape index (κ3) is 2.29. The maximum atomic E-state index is 13.5. The summed E-state index contributed by atoms with van der Waals surface area (Å²) in [5.74, 6) is 1.52. The van der Waals surface area contributed by atoms with Crippen molar-refractivity contribution in [2.24, 2.45) is 11.8 Å². The Bertz CT molecular complexity index is 887. The van der Waals surface area contributed by atoms with Crippen LogP contribution in [0.25, 0.3) is 10.2 Å². The number of nitrogens with one attached hydrogen (secondary N) is 1. The second-order valence-corrected chi connectivity index (χ2v) is 9.59. The third-order valence-electron chi connectivity index (χ3n) is 6.97. The highest BCUT2D eigenvalue weighted by molar-refractivity contribution is 7.22. The molecule has 2 aromatic rings. The van der Waals surface area contributed by atoms with Crippen LogP contribution in [0.1, 0.15) is 56.0 Å². The molecule has 3 aliphatic rings. The molecule has 0 amide bonds. The van der Waals surface area contributed by atoms with E-state index in [4.69, 9.17) is 4.98 Å². The number of thiazole rings is 1. The summed E-state index contributed by atoms with van der Waals surface area (Å²) in [4.78, 5) is 20.7. The highest BCUT2D eigenvalue weighted by Gasteiger charge is 2.53. The Morgan fingerprint density at radius 1 is 1.38 bits per heavy atom. The molecular weight excluding hydrogens is 342 g/mol. The molecule has 2 bridgehead atoms. The topological polar surface area (TPSA) is 45.2 Å². The van der Waals surface area contributed by atoms with Gasteiger partial charge in [0, 0.05) is 24.1 Å². The standard InChI is InChI=1S/C21H27N3OS/c1-4-22-20-23-15-8-7-14-16(19(15)26-20)21(3)9-10-24(11-13-5-6-13)17(12(21)2)18(14)25/h7-8,12-13,17H,4-6,9-11H2,1-3H3,(H,22,23)/t12-,17-,21-/m0/s1. The number of hydrogen-bond donors (Lipinski definition) is 1. The monoisotopic (exact) mass is 369 g/mol. The molecule has 1 saturated carbocycles. The van der Waals surface area contributed by atoms with E-state index >= 15 is 0 Å². The van der Waals surface area contributed by atoms with Crippen molar-refractivity contribution in [3.63, 3.8) is 0 Å². The minimum Gasteiger partial charge on any atom is -0.362 e. The molecule has 0 spiro atoms. The Morgan fingerprint density at radius 3 is 2.92 bits per heavy atom. The molecule has 5 heteroatoms. The Hall–Kier alpha value is -1.46. The molecule has 1 aromatic carbocycles. The molecule has 4 nitrogen and oxygen atoms in total. The maximum absolute atomic E-state index is 13.5. The normalized spacial score (nSPS) is 31.3. The van der Waals surface area contributed by atoms with Crippen molar-refractivity contribution in [2.45, 2.75) is 51.5 Å². The van der Waals surface area contributed by atoms with Crippen molar-refractivity contribution in [1.29, 1.82) is 0 Å². The number of hydrogen-bond acceptors (Lipinski definition) is 5. The van der Waals surface area contributed by atoms with Gasteiger partial charge in [-0.1, -0.05) is 25.2 Å². The first kappa shape index (κ1) is 16.7. The van der Waals surface area contributed by atoms with E-state index in [-0.39, 0.29) is 11.5 Å². The van der Waals surface area contributed by atoms with E-state index in [0.29, 0.717) is 11.7 Å². The number of aromatic nitrogens is 1. The van der Waals surface area contributed by atoms with Gasteiger partial charge >= 0.3 is 0 Å². The molecule has 1 saturated heterocycles. The van der Waals surface area contributed by atoms with Crippen molar-refractivity contribution in [3.05, 3.63) is 23.3 Å². The van der Waals surface area contributed by atoms with E-state index in [1.54, 1.807) is 11.3 Å². The van der Waals surface area contributed by atoms with Gasteiger partial charge in [-0.25, -0.2) is 4.98 Å². The fourth-order valence-electron chi connectivity index (χ4n) is 5.14. The van der Waals surface area contributed by atoms with Gasteiger partial charge in [0.25, 0.3) is 0 Å². The number of carbonyl (C=O) groups is 1. The van der Waals surface area contributed by atoms with Crippen LogP contribution < -0.4 is 5.32 Å². The van der Waals surface area contributed by atoms with Gasteiger partial charge in [-0.05, 0) is 62.3 Å². The number of likely N-dealkylation sites (tertiary alicyclic amines) is 1. The van der Waals surface area contributed by atoms with E-state index in [1.165, 1.54) is 23.1 Å². The Kier molecular flexibility index (Phi) is 3.70. The lowest BCUT2D eigenvalue weighted by molar-refractivity contribution is 0.0272. The first-order valence-electron chi connectivity index (χ1n) is 9.99. The predicted molar refractivity (Wildman–Crippen MR) is 107 cm³/mol. The smallest absolute Gasteiger partial charge is 0.183 e. The minimum absolute atomic E-state index is 0.0560. The molecular formula is C21H27N3OS. The summed E-state index contributed by atoms with van der Waals surface area (Å²) in [6.07, 6.45) is 3.81. The van der Waals surface area contributed by atoms with Crippen molar-refractivity contribution < 1.29 is 4.79 Å². The second-order valence-electron chi connectivity index (χ2n) is 8.59. The van der Waals surface area contributed by atoms with E-state index < -0.39 is 0 Å². The van der Waals surface area contributed by atoms with Crippen molar-refractivity contribution in [2.75, 3.05) is 25.0 Å². The van der Waals surface area contributed by atoms with Crippen LogP contribution in [0.2, 0.25) is 0 Å². The largest absolute Gasteiger partial charge is 0.362 e. The molecule has 2 fully saturated rings. The molecule has 2 heterocycles. The van der Waals surface area contributed by atoms with Gasteiger partial charge in [0.1, 0.15) is 0 Å². The van der Waals surface area contributed by atoms with Crippen molar-refractivity contribution in [1.82, 2.24) is 9.88 Å². The van der Waals surface area contributed by atoms with E-state index in [9.17, 15) is 4.79 Å². The number of piperidine rings is 1. The number of ketones is 1. The highest BCUT2D eigenvalue weighted by atomic mass is 32.1. The number of anilines is 1. The molecule has 5 rings (SSSR count). The molecule has 0 radical (unpaired) electrons. The summed E-state index contributed by atoms with van der Waals surface area (Å²) in [7, 11) is 0. The molecule has 3 atom stereocenters. The van der Waals surface area contributed by atoms with Crippen LogP contribution >= 0.6 is 11.3 Å². The zero-order valence-corrected chi connectivity index (χ0v) is 16.7. The number of fused-ring (bicyclic) bond motifs is 6. The summed E-state index contributed by atoms with van der Waals surface area (Å²) in [5, 5.41) is 4.31. The van der Waals surface area contributed by atoms with Gasteiger partial charge < -0.3 is 5.32 Å². The number of carbonyl (C=O) groups excluding carboxylic acids is 1. The Morgan fingerprint density at radius 2 is 2.19 bits per heavy atom. The van der Waals surface area contributed by atoms with Gasteiger partial charge in [-0.3, -0.25) is 9.69 Å². The molecule has 1 aliphatic heterocycles. The number of Topliss-reactive ketones (excluding diaryl/α,β-unsaturated/α-hetero) is 1. The lowest BCUT2D eigenvalue weighted by Crippen LogP contribution is -2.61. The summed E-state index contributed by atoms with van der Waals surface area (Å²) >= 11 is 1.72. The average Bonchev–Trinajstić information content (AvgIpc) is 3.33. The fourth-order valence-corrected chi connectivity index (χ4v) is 6.36. The number of nitrogens with zero attached hydrogens (tertiary/aromatic N) is 2. The first-order chi connectivity index (χ1) is 12.5. The molecule has 1 N–H and O–H groups in total. The summed E-state index contributed by atoms with van der Waals surface area (Å²) in [6, 6.07) is 4.15. The van der Waals surface area contributed by atoms with E-state index in [2.05, 4.69) is 31.0 Å². The van der Waals surface area contributed by atoms with E-state index in [0.717, 1.165) is 48.2 Å². The average molecular weight is 370 g/mol. The number of rotatable bonds is 4. The van der Waals surface area contributed by atoms with Crippen molar-refractivity contribution >= 4 is 32.5 Å². The molecule has 26 heavy (non-hydrogen) atoms. The molecule has 0 unspecified atom stereocenters. The van der Waals surface area contributed by atoms with Crippen molar-refractivity contribution in [3.8, 4) is 0 Å². The fraction of sp³-hybridized carbons (Fsp3) is 0.619. The lowest BCUT2D eigenvalue weighted by Gasteiger charge is -2.53. The third-order valence-corrected chi connectivity index (χ3v) is 8.02. The zero-order valence-electron chi connectivity index (χ0n) is 15.8. The highest BCUT2D eigenvalue weighted by Crippen LogP contribution is 2.52. The van der Waals surface area contributed by atoms with Crippen LogP contribution in [0.15, 0.2) is 12.1 Å². The van der Waals surface area contributed by atoms with Gasteiger partial charge in [0.05, 0.1) is 16.3 Å². The summed E-state index contributed by atoms with van der Waals surface area (Å²) in [5.41, 5.74) is 3.32. The van der Waals surface area contributed by atoms with Crippen LogP contribution in [-0.4, -0.2) is 41.3 Å². The Labute approximate surface area is 159 Å². The number of benzene rings is 1. The molecule has 2 aliphatic carbocycles. The van der Waals surface area contributed by atoms with E-state index in [1.807, 2.05) is 12.1 Å². The predicted octanol–water partition coefficient (Wildman–Crippen LogP) is 4.30. The van der Waals surface area contributed by atoms with Crippen LogP contribution in [0.5, 0.6) is 0 Å². The van der Waals surface area contributed by atoms with Gasteiger partial charge in [-0.2, -0.15) is 0 Å². The summed E-state index contributed by atoms with van der Waals surface area (Å²) in [6.45, 7) is 9.80. The lowest BCUT2D eigenvalue weighted by atomic mass is 9.58. The Balaban J connectivity index is 1.65. The minimum atomic E-state index is 0.0560. The SMILES string of the molecule is CCNc1nc2ccc3c(c2s1)[C@@]1(C)CCN(CC2CC2)[C@H](C3=O)[C@@H]1C. The van der Waals surface area contributed by atoms with Gasteiger partial charge in [0.2, 0.25) is 0 Å². The quantitative estimate of drug-likeness (QED) is 0.873. The molecule has 138 valence electrons.